The summed E-state index contributed by atoms with van der Waals surface area (Å²) >= 11 is 5.77. The average molecular weight is 356 g/mol. The Morgan fingerprint density at radius 2 is 1.74 bits per heavy atom. The lowest BCUT2D eigenvalue weighted by Gasteiger charge is -2.06. The van der Waals surface area contributed by atoms with Crippen LogP contribution in [-0.2, 0) is 9.84 Å². The Morgan fingerprint density at radius 1 is 1.04 bits per heavy atom. The summed E-state index contributed by atoms with van der Waals surface area (Å²) in [6, 6.07) is 6.87. The normalized spacial score (nSPS) is 11.8. The molecule has 0 spiro atoms. The molecular weight excluding hydrogens is 348 g/mol. The highest BCUT2D eigenvalue weighted by atomic mass is 35.5. The van der Waals surface area contributed by atoms with Gasteiger partial charge in [-0.15, -0.1) is 0 Å². The number of aromatic nitrogens is 1. The molecule has 23 heavy (non-hydrogen) atoms. The predicted octanol–water partition coefficient (Wildman–Crippen LogP) is 3.29. The van der Waals surface area contributed by atoms with Crippen LogP contribution in [0.3, 0.4) is 0 Å². The number of fused-ring (bicyclic) bond motifs is 1. The summed E-state index contributed by atoms with van der Waals surface area (Å²) in [5.41, 5.74) is -0.920. The molecule has 1 heterocycles. The molecule has 4 nitrogen and oxygen atoms in total. The van der Waals surface area contributed by atoms with Crippen LogP contribution in [0.4, 0.5) is 8.78 Å². The molecule has 0 aliphatic carbocycles. The number of H-pyrrole nitrogens is 1. The molecule has 0 saturated heterocycles. The zero-order valence-electron chi connectivity index (χ0n) is 11.3. The fraction of sp³-hybridized carbons (Fsp3) is 0. The molecule has 0 unspecified atom stereocenters. The Hall–Kier alpha value is -2.25. The van der Waals surface area contributed by atoms with Gasteiger partial charge in [-0.1, -0.05) is 17.7 Å². The summed E-state index contributed by atoms with van der Waals surface area (Å²) in [5.74, 6) is -2.38. The van der Waals surface area contributed by atoms with E-state index in [1.54, 1.807) is 0 Å². The molecule has 0 atom stereocenters. The number of nitrogens with one attached hydrogen (secondary N) is 1. The molecule has 3 aromatic rings. The average Bonchev–Trinajstić information content (AvgIpc) is 2.49. The fourth-order valence-corrected chi connectivity index (χ4v) is 3.77. The molecule has 1 aromatic heterocycles. The summed E-state index contributed by atoms with van der Waals surface area (Å²) in [7, 11) is -4.15. The number of pyridine rings is 1. The molecule has 8 heteroatoms. The SMILES string of the molecule is O=c1c(S(=O)(=O)c2cccc(Cl)c2)c[nH]c2cc(F)c(F)cc12. The molecule has 0 aliphatic rings. The van der Waals surface area contributed by atoms with Gasteiger partial charge in [-0.05, 0) is 24.3 Å². The first kappa shape index (κ1) is 15.6. The first-order valence-corrected chi connectivity index (χ1v) is 8.18. The van der Waals surface area contributed by atoms with Crippen molar-refractivity contribution in [3.8, 4) is 0 Å². The molecule has 3 rings (SSSR count). The van der Waals surface area contributed by atoms with Gasteiger partial charge >= 0.3 is 0 Å². The molecule has 0 radical (unpaired) electrons. The van der Waals surface area contributed by atoms with Crippen molar-refractivity contribution >= 4 is 32.3 Å². The number of aromatic amines is 1. The summed E-state index contributed by atoms with van der Waals surface area (Å²) < 4.78 is 51.6. The lowest BCUT2D eigenvalue weighted by atomic mass is 10.2. The minimum atomic E-state index is -4.15. The zero-order valence-corrected chi connectivity index (χ0v) is 12.9. The molecule has 0 amide bonds. The van der Waals surface area contributed by atoms with Gasteiger partial charge in [0.25, 0.3) is 0 Å². The molecule has 0 fully saturated rings. The molecule has 1 N–H and O–H groups in total. The van der Waals surface area contributed by atoms with Crippen LogP contribution >= 0.6 is 11.6 Å². The zero-order chi connectivity index (χ0) is 16.8. The van der Waals surface area contributed by atoms with Crippen molar-refractivity contribution in [3.63, 3.8) is 0 Å². The molecule has 0 bridgehead atoms. The maximum atomic E-state index is 13.3. The Bertz CT molecular complexity index is 1090. The number of rotatable bonds is 2. The van der Waals surface area contributed by atoms with Crippen LogP contribution in [0.1, 0.15) is 0 Å². The summed E-state index contributed by atoms with van der Waals surface area (Å²) in [5, 5.41) is -0.0663. The van der Waals surface area contributed by atoms with Crippen molar-refractivity contribution in [2.75, 3.05) is 0 Å². The number of benzene rings is 2. The highest BCUT2D eigenvalue weighted by Crippen LogP contribution is 2.23. The molecule has 118 valence electrons. The first-order chi connectivity index (χ1) is 10.8. The second-order valence-electron chi connectivity index (χ2n) is 4.75. The van der Waals surface area contributed by atoms with Crippen molar-refractivity contribution < 1.29 is 17.2 Å². The van der Waals surface area contributed by atoms with Crippen LogP contribution < -0.4 is 5.43 Å². The van der Waals surface area contributed by atoms with Crippen LogP contribution in [0.15, 0.2) is 57.2 Å². The van der Waals surface area contributed by atoms with E-state index in [4.69, 9.17) is 11.6 Å². The van der Waals surface area contributed by atoms with Gasteiger partial charge in [0.2, 0.25) is 15.3 Å². The summed E-state index contributed by atoms with van der Waals surface area (Å²) in [4.78, 5) is 14.1. The second kappa shape index (κ2) is 5.43. The third kappa shape index (κ3) is 2.62. The standard InChI is InChI=1S/C15H8ClF2NO3S/c16-8-2-1-3-9(4-8)23(21,22)14-7-19-13-6-12(18)11(17)5-10(13)15(14)20/h1-7H,(H,19,20). The molecular formula is C15H8ClF2NO3S. The van der Waals surface area contributed by atoms with Gasteiger partial charge in [-0.3, -0.25) is 4.79 Å². The topological polar surface area (TPSA) is 67.0 Å². The van der Waals surface area contributed by atoms with Crippen LogP contribution in [0.5, 0.6) is 0 Å². The monoisotopic (exact) mass is 355 g/mol. The third-order valence-electron chi connectivity index (χ3n) is 3.28. The van der Waals surface area contributed by atoms with Gasteiger partial charge < -0.3 is 4.98 Å². The Morgan fingerprint density at radius 3 is 2.43 bits per heavy atom. The van der Waals surface area contributed by atoms with E-state index in [0.29, 0.717) is 6.07 Å². The van der Waals surface area contributed by atoms with Crippen molar-refractivity contribution in [3.05, 3.63) is 69.5 Å². The van der Waals surface area contributed by atoms with Crippen LogP contribution in [0.2, 0.25) is 5.02 Å². The second-order valence-corrected chi connectivity index (χ2v) is 7.11. The van der Waals surface area contributed by atoms with Crippen LogP contribution in [0, 0.1) is 11.6 Å². The minimum absolute atomic E-state index is 0.000978. The van der Waals surface area contributed by atoms with E-state index < -0.39 is 31.8 Å². The van der Waals surface area contributed by atoms with E-state index in [-0.39, 0.29) is 20.8 Å². The van der Waals surface area contributed by atoms with Crippen molar-refractivity contribution in [2.45, 2.75) is 9.79 Å². The van der Waals surface area contributed by atoms with Crippen LogP contribution in [0.25, 0.3) is 10.9 Å². The van der Waals surface area contributed by atoms with Gasteiger partial charge in [0.05, 0.1) is 10.4 Å². The lowest BCUT2D eigenvalue weighted by Crippen LogP contribution is -2.16. The predicted molar refractivity (Wildman–Crippen MR) is 81.4 cm³/mol. The molecule has 0 aliphatic heterocycles. The van der Waals surface area contributed by atoms with E-state index in [1.165, 1.54) is 24.3 Å². The molecule has 0 saturated carbocycles. The summed E-state index contributed by atoms with van der Waals surface area (Å²) in [6.45, 7) is 0. The number of hydrogen-bond donors (Lipinski definition) is 1. The number of sulfone groups is 1. The summed E-state index contributed by atoms with van der Waals surface area (Å²) in [6.07, 6.45) is 0.957. The number of halogens is 3. The highest BCUT2D eigenvalue weighted by molar-refractivity contribution is 7.91. The van der Waals surface area contributed by atoms with Gasteiger partial charge in [0, 0.05) is 22.7 Å². The first-order valence-electron chi connectivity index (χ1n) is 6.32. The van der Waals surface area contributed by atoms with E-state index in [9.17, 15) is 22.0 Å². The lowest BCUT2D eigenvalue weighted by molar-refractivity contribution is 0.510. The Kier molecular flexibility index (Phi) is 3.69. The van der Waals surface area contributed by atoms with Crippen molar-refractivity contribution in [2.24, 2.45) is 0 Å². The maximum absolute atomic E-state index is 13.3. The van der Waals surface area contributed by atoms with E-state index in [1.807, 2.05) is 0 Å². The van der Waals surface area contributed by atoms with Gasteiger partial charge in [-0.25, -0.2) is 17.2 Å². The van der Waals surface area contributed by atoms with Crippen molar-refractivity contribution in [1.29, 1.82) is 0 Å². The fourth-order valence-electron chi connectivity index (χ4n) is 2.16. The maximum Gasteiger partial charge on any atom is 0.211 e. The van der Waals surface area contributed by atoms with Crippen molar-refractivity contribution in [1.82, 2.24) is 4.98 Å². The Labute approximate surface area is 134 Å². The smallest absolute Gasteiger partial charge is 0.211 e. The largest absolute Gasteiger partial charge is 0.360 e. The number of hydrogen-bond acceptors (Lipinski definition) is 3. The van der Waals surface area contributed by atoms with E-state index >= 15 is 0 Å². The van der Waals surface area contributed by atoms with E-state index in [2.05, 4.69) is 4.98 Å². The third-order valence-corrected chi connectivity index (χ3v) is 5.28. The van der Waals surface area contributed by atoms with E-state index in [0.717, 1.165) is 12.3 Å². The van der Waals surface area contributed by atoms with Crippen LogP contribution in [-0.4, -0.2) is 13.4 Å². The molecule has 2 aromatic carbocycles. The highest BCUT2D eigenvalue weighted by Gasteiger charge is 2.23. The quantitative estimate of drug-likeness (QED) is 0.767. The van der Waals surface area contributed by atoms with Gasteiger partial charge in [0.15, 0.2) is 11.6 Å². The van der Waals surface area contributed by atoms with Gasteiger partial charge in [-0.2, -0.15) is 0 Å². The van der Waals surface area contributed by atoms with Gasteiger partial charge in [0.1, 0.15) is 4.90 Å². The minimum Gasteiger partial charge on any atom is -0.360 e. The Balaban J connectivity index is 2.30.